The van der Waals surface area contributed by atoms with Crippen molar-refractivity contribution >= 4 is 29.9 Å². The van der Waals surface area contributed by atoms with Crippen molar-refractivity contribution in [3.8, 4) is 23.0 Å². The van der Waals surface area contributed by atoms with Gasteiger partial charge in [-0.25, -0.2) is 0 Å². The molecular formula is C22H30ClNO4S. The van der Waals surface area contributed by atoms with Gasteiger partial charge in [0.25, 0.3) is 0 Å². The normalized spacial score (nSPS) is 15.8. The molecule has 1 aliphatic heterocycles. The van der Waals surface area contributed by atoms with Gasteiger partial charge in [-0.3, -0.25) is 0 Å². The van der Waals surface area contributed by atoms with Gasteiger partial charge in [-0.15, -0.1) is 12.4 Å². The van der Waals surface area contributed by atoms with Crippen LogP contribution in [0.2, 0.25) is 0 Å². The van der Waals surface area contributed by atoms with Crippen LogP contribution in [-0.2, 0) is 12.8 Å². The zero-order valence-corrected chi connectivity index (χ0v) is 19.3. The predicted octanol–water partition coefficient (Wildman–Crippen LogP) is 4.52. The summed E-state index contributed by atoms with van der Waals surface area (Å²) in [6, 6.07) is 8.04. The number of hydrogen-bond donors (Lipinski definition) is 1. The van der Waals surface area contributed by atoms with Gasteiger partial charge in [-0.05, 0) is 59.9 Å². The molecule has 29 heavy (non-hydrogen) atoms. The number of nitrogens with zero attached hydrogens (tertiary/aromatic N) is 1. The van der Waals surface area contributed by atoms with Gasteiger partial charge in [0.2, 0.25) is 0 Å². The van der Waals surface area contributed by atoms with Gasteiger partial charge in [0.05, 0.1) is 21.3 Å². The van der Waals surface area contributed by atoms with Crippen molar-refractivity contribution in [3.63, 3.8) is 0 Å². The number of phenolic OH excluding ortho intramolecular Hbond substituents is 1. The second-order valence-electron chi connectivity index (χ2n) is 7.09. The lowest BCUT2D eigenvalue weighted by Gasteiger charge is -2.24. The summed E-state index contributed by atoms with van der Waals surface area (Å²) in [6.45, 7) is 0.857. The fraction of sp³-hybridized carbons (Fsp3) is 0.455. The fourth-order valence-corrected chi connectivity index (χ4v) is 4.65. The molecule has 0 amide bonds. The number of thioether (sulfide) groups is 1. The molecule has 0 radical (unpaired) electrons. The first kappa shape index (κ1) is 23.4. The average molecular weight is 440 g/mol. The number of likely N-dealkylation sites (N-methyl/N-ethyl adjacent to an activating group) is 1. The molecule has 0 aliphatic carbocycles. The Morgan fingerprint density at radius 1 is 1.00 bits per heavy atom. The third-order valence-electron chi connectivity index (χ3n) is 5.43. The lowest BCUT2D eigenvalue weighted by molar-refractivity contribution is 0.354. The van der Waals surface area contributed by atoms with Crippen LogP contribution in [0.3, 0.4) is 0 Å². The number of benzene rings is 2. The van der Waals surface area contributed by atoms with Gasteiger partial charge in [0.1, 0.15) is 0 Å². The second kappa shape index (κ2) is 10.2. The van der Waals surface area contributed by atoms with Crippen LogP contribution in [-0.4, -0.2) is 52.0 Å². The van der Waals surface area contributed by atoms with E-state index < -0.39 is 0 Å². The molecule has 2 aromatic carbocycles. The molecule has 0 spiro atoms. The van der Waals surface area contributed by atoms with E-state index in [-0.39, 0.29) is 24.1 Å². The summed E-state index contributed by atoms with van der Waals surface area (Å²) in [5.41, 5.74) is 4.81. The zero-order chi connectivity index (χ0) is 20.3. The van der Waals surface area contributed by atoms with Crippen LogP contribution in [0.4, 0.5) is 5.69 Å². The first-order valence-electron chi connectivity index (χ1n) is 9.37. The van der Waals surface area contributed by atoms with Gasteiger partial charge < -0.3 is 24.2 Å². The largest absolute Gasteiger partial charge is 0.504 e. The molecule has 3 rings (SSSR count). The first-order valence-corrected chi connectivity index (χ1v) is 10.8. The van der Waals surface area contributed by atoms with Crippen molar-refractivity contribution in [2.75, 3.05) is 51.8 Å². The average Bonchev–Trinajstić information content (AvgIpc) is 2.75. The maximum absolute atomic E-state index is 10.4. The maximum Gasteiger partial charge on any atom is 0.162 e. The van der Waals surface area contributed by atoms with E-state index in [1.807, 2.05) is 23.9 Å². The summed E-state index contributed by atoms with van der Waals surface area (Å²) in [5, 5.41) is 10.4. The quantitative estimate of drug-likeness (QED) is 0.739. The fourth-order valence-electron chi connectivity index (χ4n) is 3.95. The standard InChI is InChI=1S/C22H29NO4S.ClH/c1-23-7-6-14-9-20(25-2)19(24)11-17(14)16(13-28-5)8-15-10-21(26-3)22(27-4)12-18(15)23;/h9-12,16,24H,6-8,13H2,1-5H3;1H. The van der Waals surface area contributed by atoms with Gasteiger partial charge in [-0.2, -0.15) is 11.8 Å². The Bertz CT molecular complexity index is 846. The number of halogens is 1. The third kappa shape index (κ3) is 4.81. The van der Waals surface area contributed by atoms with Crippen LogP contribution in [0.15, 0.2) is 24.3 Å². The van der Waals surface area contributed by atoms with Crippen LogP contribution in [0.5, 0.6) is 23.0 Å². The molecule has 2 aromatic rings. The lowest BCUT2D eigenvalue weighted by atomic mass is 9.88. The SMILES string of the molecule is COc1cc2c(cc1O)C(CSC)Cc1cc(OC)c(OC)cc1N(C)CC2.Cl. The minimum Gasteiger partial charge on any atom is -0.504 e. The number of fused-ring (bicyclic) bond motifs is 2. The van der Waals surface area contributed by atoms with Gasteiger partial charge >= 0.3 is 0 Å². The van der Waals surface area contributed by atoms with Crippen LogP contribution in [0.1, 0.15) is 22.6 Å². The molecule has 5 nitrogen and oxygen atoms in total. The predicted molar refractivity (Wildman–Crippen MR) is 123 cm³/mol. The summed E-state index contributed by atoms with van der Waals surface area (Å²) in [4.78, 5) is 2.27. The van der Waals surface area contributed by atoms with Gasteiger partial charge in [0.15, 0.2) is 23.0 Å². The van der Waals surface area contributed by atoms with Crippen molar-refractivity contribution in [1.82, 2.24) is 0 Å². The first-order chi connectivity index (χ1) is 13.5. The molecule has 160 valence electrons. The molecule has 0 bridgehead atoms. The molecule has 1 unspecified atom stereocenters. The van der Waals surface area contributed by atoms with E-state index in [0.29, 0.717) is 5.75 Å². The Morgan fingerprint density at radius 2 is 1.62 bits per heavy atom. The monoisotopic (exact) mass is 439 g/mol. The van der Waals surface area contributed by atoms with Crippen LogP contribution >= 0.6 is 24.2 Å². The Hall–Kier alpha value is -1.92. The number of methoxy groups -OCH3 is 3. The molecule has 1 aliphatic rings. The number of aromatic hydroxyl groups is 1. The molecule has 7 heteroatoms. The number of ether oxygens (including phenoxy) is 3. The van der Waals surface area contributed by atoms with E-state index in [2.05, 4.69) is 30.3 Å². The van der Waals surface area contributed by atoms with Gasteiger partial charge in [0, 0.05) is 31.1 Å². The Morgan fingerprint density at radius 3 is 2.24 bits per heavy atom. The topological polar surface area (TPSA) is 51.2 Å². The Labute approximate surface area is 183 Å². The van der Waals surface area contributed by atoms with Crippen molar-refractivity contribution in [1.29, 1.82) is 0 Å². The minimum atomic E-state index is 0. The molecule has 1 heterocycles. The highest BCUT2D eigenvalue weighted by atomic mass is 35.5. The highest BCUT2D eigenvalue weighted by Gasteiger charge is 2.24. The smallest absolute Gasteiger partial charge is 0.162 e. The summed E-state index contributed by atoms with van der Waals surface area (Å²) in [6.07, 6.45) is 3.86. The Balaban J connectivity index is 0.00000300. The van der Waals surface area contributed by atoms with E-state index in [0.717, 1.165) is 42.3 Å². The van der Waals surface area contributed by atoms with E-state index in [9.17, 15) is 5.11 Å². The third-order valence-corrected chi connectivity index (χ3v) is 6.16. The molecule has 1 atom stereocenters. The molecule has 0 fully saturated rings. The maximum atomic E-state index is 10.4. The summed E-state index contributed by atoms with van der Waals surface area (Å²) in [5.74, 6) is 3.47. The summed E-state index contributed by atoms with van der Waals surface area (Å²) >= 11 is 1.82. The van der Waals surface area contributed by atoms with Crippen LogP contribution in [0.25, 0.3) is 0 Å². The minimum absolute atomic E-state index is 0. The number of hydrogen-bond acceptors (Lipinski definition) is 6. The van der Waals surface area contributed by atoms with Crippen LogP contribution in [0, 0.1) is 0 Å². The molecule has 0 saturated carbocycles. The van der Waals surface area contributed by atoms with E-state index in [4.69, 9.17) is 14.2 Å². The summed E-state index contributed by atoms with van der Waals surface area (Å²) in [7, 11) is 7.04. The number of anilines is 1. The van der Waals surface area contributed by atoms with Crippen LogP contribution < -0.4 is 19.1 Å². The molecule has 0 saturated heterocycles. The highest BCUT2D eigenvalue weighted by Crippen LogP contribution is 2.41. The van der Waals surface area contributed by atoms with Crippen molar-refractivity contribution in [2.24, 2.45) is 0 Å². The molecule has 0 aromatic heterocycles. The zero-order valence-electron chi connectivity index (χ0n) is 17.7. The summed E-state index contributed by atoms with van der Waals surface area (Å²) < 4.78 is 16.4. The van der Waals surface area contributed by atoms with E-state index in [1.165, 1.54) is 16.7 Å². The van der Waals surface area contributed by atoms with Gasteiger partial charge in [-0.1, -0.05) is 0 Å². The Kier molecular flexibility index (Phi) is 8.23. The van der Waals surface area contributed by atoms with E-state index in [1.54, 1.807) is 21.3 Å². The second-order valence-corrected chi connectivity index (χ2v) is 8.00. The van der Waals surface area contributed by atoms with E-state index >= 15 is 0 Å². The molecule has 1 N–H and O–H groups in total. The molecular weight excluding hydrogens is 410 g/mol. The van der Waals surface area contributed by atoms with Crippen molar-refractivity contribution < 1.29 is 19.3 Å². The van der Waals surface area contributed by atoms with Crippen molar-refractivity contribution in [3.05, 3.63) is 41.0 Å². The number of rotatable bonds is 5. The highest BCUT2D eigenvalue weighted by molar-refractivity contribution is 7.98. The lowest BCUT2D eigenvalue weighted by Crippen LogP contribution is -2.21. The number of phenols is 1. The van der Waals surface area contributed by atoms with Crippen molar-refractivity contribution in [2.45, 2.75) is 18.8 Å².